The lowest BCUT2D eigenvalue weighted by atomic mass is 10.2. The van der Waals surface area contributed by atoms with Crippen LogP contribution in [0.4, 0.5) is 19.1 Å². The Hall–Kier alpha value is -1.54. The highest BCUT2D eigenvalue weighted by atomic mass is 35.5. The van der Waals surface area contributed by atoms with E-state index in [4.69, 9.17) is 29.6 Å². The molecule has 0 spiro atoms. The summed E-state index contributed by atoms with van der Waals surface area (Å²) in [6.45, 7) is 0. The fourth-order valence-corrected chi connectivity index (χ4v) is 1.84. The second-order valence-electron chi connectivity index (χ2n) is 3.39. The molecule has 0 atom stereocenters. The predicted molar refractivity (Wildman–Crippen MR) is 63.2 cm³/mol. The average molecular weight is 295 g/mol. The number of H-pyrrole nitrogens is 1. The fraction of sp³-hybridized carbons (Fsp3) is 0.111. The first-order chi connectivity index (χ1) is 8.30. The molecule has 96 valence electrons. The Labute approximate surface area is 109 Å². The minimum Gasteiger partial charge on any atom is -0.368 e. The molecule has 0 bridgehead atoms. The van der Waals surface area contributed by atoms with Crippen LogP contribution in [0.15, 0.2) is 18.2 Å². The molecule has 0 radical (unpaired) electrons. The topological polar surface area (TPSA) is 59.6 Å². The summed E-state index contributed by atoms with van der Waals surface area (Å²) in [4.78, 5) is 0. The van der Waals surface area contributed by atoms with Gasteiger partial charge in [0.05, 0.1) is 16.3 Å². The number of alkyl halides is 3. The van der Waals surface area contributed by atoms with Gasteiger partial charge in [0.2, 0.25) is 10.7 Å². The monoisotopic (exact) mass is 294 g/mol. The van der Waals surface area contributed by atoms with E-state index in [1.165, 1.54) is 0 Å². The van der Waals surface area contributed by atoms with Crippen LogP contribution in [0.1, 0.15) is 5.56 Å². The molecule has 4 nitrogen and oxygen atoms in total. The van der Waals surface area contributed by atoms with Crippen LogP contribution in [0.2, 0.25) is 5.02 Å². The van der Waals surface area contributed by atoms with Gasteiger partial charge in [-0.1, -0.05) is 11.6 Å². The molecule has 0 unspecified atom stereocenters. The third-order valence-electron chi connectivity index (χ3n) is 2.21. The molecule has 0 aliphatic carbocycles. The third-order valence-corrected chi connectivity index (χ3v) is 2.81. The molecule has 0 amide bonds. The summed E-state index contributed by atoms with van der Waals surface area (Å²) in [5.74, 6) is -0.0683. The summed E-state index contributed by atoms with van der Waals surface area (Å²) < 4.78 is 39.0. The van der Waals surface area contributed by atoms with Crippen LogP contribution in [0.3, 0.4) is 0 Å². The Kier molecular flexibility index (Phi) is 3.07. The smallest absolute Gasteiger partial charge is 0.368 e. The van der Waals surface area contributed by atoms with Gasteiger partial charge < -0.3 is 5.73 Å². The van der Waals surface area contributed by atoms with E-state index < -0.39 is 11.7 Å². The molecule has 1 aromatic heterocycles. The zero-order valence-electron chi connectivity index (χ0n) is 8.62. The van der Waals surface area contributed by atoms with Crippen molar-refractivity contribution in [3.8, 4) is 5.69 Å². The van der Waals surface area contributed by atoms with Crippen LogP contribution in [0, 0.1) is 4.77 Å². The van der Waals surface area contributed by atoms with E-state index in [0.29, 0.717) is 0 Å². The predicted octanol–water partition coefficient (Wildman–Crippen LogP) is 3.18. The van der Waals surface area contributed by atoms with Crippen molar-refractivity contribution in [2.75, 3.05) is 5.73 Å². The maximum absolute atomic E-state index is 12.6. The van der Waals surface area contributed by atoms with E-state index in [1.807, 2.05) is 0 Å². The highest BCUT2D eigenvalue weighted by molar-refractivity contribution is 7.71. The Morgan fingerprint density at radius 1 is 1.39 bits per heavy atom. The molecule has 0 aliphatic heterocycles. The van der Waals surface area contributed by atoms with Gasteiger partial charge in [-0.3, -0.25) is 4.57 Å². The van der Waals surface area contributed by atoms with Gasteiger partial charge in [-0.25, -0.2) is 5.10 Å². The second-order valence-corrected chi connectivity index (χ2v) is 4.18. The molecule has 0 fully saturated rings. The van der Waals surface area contributed by atoms with E-state index >= 15 is 0 Å². The number of aromatic amines is 1. The Morgan fingerprint density at radius 2 is 2.06 bits per heavy atom. The minimum atomic E-state index is -4.47. The summed E-state index contributed by atoms with van der Waals surface area (Å²) in [7, 11) is 0. The number of nitrogens with two attached hydrogens (primary N) is 1. The van der Waals surface area contributed by atoms with Crippen LogP contribution in [0.5, 0.6) is 0 Å². The molecular formula is C9H6ClF3N4S. The number of benzene rings is 1. The van der Waals surface area contributed by atoms with Crippen LogP contribution in [-0.2, 0) is 6.18 Å². The van der Waals surface area contributed by atoms with Crippen molar-refractivity contribution in [3.63, 3.8) is 0 Å². The summed E-state index contributed by atoms with van der Waals surface area (Å²) in [5.41, 5.74) is 4.70. The first-order valence-corrected chi connectivity index (χ1v) is 5.39. The van der Waals surface area contributed by atoms with Gasteiger partial charge in [0.25, 0.3) is 0 Å². The Balaban J connectivity index is 2.69. The van der Waals surface area contributed by atoms with Gasteiger partial charge in [-0.15, -0.1) is 5.10 Å². The van der Waals surface area contributed by atoms with E-state index in [1.54, 1.807) is 0 Å². The van der Waals surface area contributed by atoms with E-state index in [2.05, 4.69) is 10.2 Å². The zero-order valence-corrected chi connectivity index (χ0v) is 10.2. The van der Waals surface area contributed by atoms with Gasteiger partial charge in [0.15, 0.2) is 0 Å². The molecule has 18 heavy (non-hydrogen) atoms. The molecule has 1 heterocycles. The molecule has 0 saturated carbocycles. The van der Waals surface area contributed by atoms with Gasteiger partial charge in [0.1, 0.15) is 0 Å². The molecule has 3 N–H and O–H groups in total. The number of nitrogens with zero attached hydrogens (tertiary/aromatic N) is 2. The van der Waals surface area contributed by atoms with E-state index in [0.717, 1.165) is 22.8 Å². The maximum Gasteiger partial charge on any atom is 0.416 e. The number of nitrogens with one attached hydrogen (secondary N) is 1. The fourth-order valence-electron chi connectivity index (χ4n) is 1.40. The highest BCUT2D eigenvalue weighted by Crippen LogP contribution is 2.33. The molecular weight excluding hydrogens is 289 g/mol. The van der Waals surface area contributed by atoms with Crippen molar-refractivity contribution in [1.29, 1.82) is 0 Å². The molecule has 0 aliphatic rings. The van der Waals surface area contributed by atoms with Crippen LogP contribution < -0.4 is 5.73 Å². The van der Waals surface area contributed by atoms with Crippen LogP contribution in [-0.4, -0.2) is 14.8 Å². The second kappa shape index (κ2) is 4.29. The summed E-state index contributed by atoms with van der Waals surface area (Å²) >= 11 is 10.7. The summed E-state index contributed by atoms with van der Waals surface area (Å²) in [6, 6.07) is 2.88. The summed E-state index contributed by atoms with van der Waals surface area (Å²) in [6.07, 6.45) is -4.47. The lowest BCUT2D eigenvalue weighted by Crippen LogP contribution is -2.08. The standard InChI is InChI=1S/C9H6ClF3N4S/c10-5-2-1-4(9(11,12)13)3-6(5)17-7(14)15-16-8(17)18/h1-3H,(H2,14,15)(H,16,18). The number of rotatable bonds is 1. The molecule has 1 aromatic carbocycles. The first kappa shape index (κ1) is 12.9. The number of halogens is 4. The van der Waals surface area contributed by atoms with Crippen molar-refractivity contribution in [3.05, 3.63) is 33.6 Å². The van der Waals surface area contributed by atoms with Crippen molar-refractivity contribution >= 4 is 29.8 Å². The van der Waals surface area contributed by atoms with Crippen LogP contribution in [0.25, 0.3) is 5.69 Å². The van der Waals surface area contributed by atoms with E-state index in [-0.39, 0.29) is 21.4 Å². The normalized spacial score (nSPS) is 11.8. The lowest BCUT2D eigenvalue weighted by Gasteiger charge is -2.11. The zero-order chi connectivity index (χ0) is 13.5. The Morgan fingerprint density at radius 3 is 2.56 bits per heavy atom. The van der Waals surface area contributed by atoms with Gasteiger partial charge in [0, 0.05) is 0 Å². The number of anilines is 1. The third kappa shape index (κ3) is 2.21. The summed E-state index contributed by atoms with van der Waals surface area (Å²) in [5, 5.41) is 6.07. The minimum absolute atomic E-state index is 0.0303. The van der Waals surface area contributed by atoms with E-state index in [9.17, 15) is 13.2 Å². The van der Waals surface area contributed by atoms with Gasteiger partial charge >= 0.3 is 6.18 Å². The first-order valence-electron chi connectivity index (χ1n) is 4.60. The van der Waals surface area contributed by atoms with Crippen molar-refractivity contribution < 1.29 is 13.2 Å². The number of hydrogen-bond acceptors (Lipinski definition) is 3. The SMILES string of the molecule is Nc1n[nH]c(=S)n1-c1cc(C(F)(F)F)ccc1Cl. The van der Waals surface area contributed by atoms with Crippen molar-refractivity contribution in [2.24, 2.45) is 0 Å². The van der Waals surface area contributed by atoms with Crippen molar-refractivity contribution in [2.45, 2.75) is 6.18 Å². The average Bonchev–Trinajstić information content (AvgIpc) is 2.58. The largest absolute Gasteiger partial charge is 0.416 e. The van der Waals surface area contributed by atoms with Gasteiger partial charge in [-0.2, -0.15) is 13.2 Å². The lowest BCUT2D eigenvalue weighted by molar-refractivity contribution is -0.137. The van der Waals surface area contributed by atoms with Crippen LogP contribution >= 0.6 is 23.8 Å². The number of hydrogen-bond donors (Lipinski definition) is 2. The molecule has 2 rings (SSSR count). The highest BCUT2D eigenvalue weighted by Gasteiger charge is 2.31. The number of nitrogen functional groups attached to an aromatic ring is 1. The number of aromatic nitrogens is 3. The Bertz CT molecular complexity index is 646. The molecule has 0 saturated heterocycles. The maximum atomic E-state index is 12.6. The molecule has 9 heteroatoms. The van der Waals surface area contributed by atoms with Crippen molar-refractivity contribution in [1.82, 2.24) is 14.8 Å². The van der Waals surface area contributed by atoms with Gasteiger partial charge in [-0.05, 0) is 30.4 Å². The quantitative estimate of drug-likeness (QED) is 0.794. The molecule has 2 aromatic rings.